The monoisotopic (exact) mass is 379 g/mol. The van der Waals surface area contributed by atoms with Gasteiger partial charge in [-0.3, -0.25) is 0 Å². The molecule has 1 aromatic carbocycles. The van der Waals surface area contributed by atoms with Gasteiger partial charge in [-0.15, -0.1) is 0 Å². The second-order valence-electron chi connectivity index (χ2n) is 8.71. The van der Waals surface area contributed by atoms with E-state index in [1.807, 2.05) is 30.3 Å². The number of hydrogen-bond acceptors (Lipinski definition) is 5. The molecular weight excluding hydrogens is 346 g/mol. The average molecular weight is 379 g/mol. The zero-order valence-corrected chi connectivity index (χ0v) is 17.2. The minimum atomic E-state index is -0.903. The maximum absolute atomic E-state index is 12.6. The zero-order valence-electron chi connectivity index (χ0n) is 17.2. The number of carbonyl (C=O) groups excluding carboxylic acids is 2. The SMILES string of the molecule is CC(C)(C)OC(=O)N[C@@H](C[C@@H](CO)Cc1ccccc1)C(=O)OC(C)(C)C. The van der Waals surface area contributed by atoms with Crippen LogP contribution in [0.3, 0.4) is 0 Å². The van der Waals surface area contributed by atoms with E-state index in [1.54, 1.807) is 41.5 Å². The molecule has 1 amide bonds. The number of aliphatic hydroxyl groups excluding tert-OH is 1. The normalized spacial score (nSPS) is 14.2. The molecule has 0 aliphatic carbocycles. The van der Waals surface area contributed by atoms with Crippen LogP contribution < -0.4 is 5.32 Å². The summed E-state index contributed by atoms with van der Waals surface area (Å²) in [5, 5.41) is 12.4. The molecule has 1 aromatic rings. The maximum Gasteiger partial charge on any atom is 0.408 e. The fraction of sp³-hybridized carbons (Fsp3) is 0.619. The number of nitrogens with one attached hydrogen (secondary N) is 1. The molecule has 2 atom stereocenters. The number of amides is 1. The standard InChI is InChI=1S/C21H33NO5/c1-20(2,3)26-18(24)17(22-19(25)27-21(4,5)6)13-16(14-23)12-15-10-8-7-9-11-15/h7-11,16-17,23H,12-14H2,1-6H3,(H,22,25)/t16-,17-/m0/s1. The van der Waals surface area contributed by atoms with Gasteiger partial charge in [0.2, 0.25) is 0 Å². The van der Waals surface area contributed by atoms with Gasteiger partial charge in [0.25, 0.3) is 0 Å². The van der Waals surface area contributed by atoms with Crippen molar-refractivity contribution in [1.82, 2.24) is 5.32 Å². The van der Waals surface area contributed by atoms with Crippen molar-refractivity contribution in [2.75, 3.05) is 6.61 Å². The lowest BCUT2D eigenvalue weighted by Gasteiger charge is -2.28. The van der Waals surface area contributed by atoms with Crippen molar-refractivity contribution in [3.05, 3.63) is 35.9 Å². The van der Waals surface area contributed by atoms with E-state index in [0.717, 1.165) is 5.56 Å². The summed E-state index contributed by atoms with van der Waals surface area (Å²) in [6.07, 6.45) is 0.154. The first kappa shape index (κ1) is 23.0. The highest BCUT2D eigenvalue weighted by molar-refractivity contribution is 5.81. The van der Waals surface area contributed by atoms with Crippen molar-refractivity contribution in [2.24, 2.45) is 5.92 Å². The predicted octanol–water partition coefficient (Wildman–Crippen LogP) is 3.46. The molecule has 1 rings (SSSR count). The topological polar surface area (TPSA) is 84.9 Å². The zero-order chi connectivity index (χ0) is 20.7. The van der Waals surface area contributed by atoms with Crippen LogP contribution in [-0.2, 0) is 20.7 Å². The Morgan fingerprint density at radius 1 is 1.00 bits per heavy atom. The van der Waals surface area contributed by atoms with Gasteiger partial charge in [-0.05, 0) is 65.9 Å². The number of esters is 1. The van der Waals surface area contributed by atoms with Crippen LogP contribution in [0.1, 0.15) is 53.5 Å². The predicted molar refractivity (Wildman–Crippen MR) is 104 cm³/mol. The molecule has 2 N–H and O–H groups in total. The molecule has 6 heteroatoms. The number of rotatable bonds is 7. The Kier molecular flexibility index (Phi) is 8.28. The summed E-state index contributed by atoms with van der Waals surface area (Å²) in [7, 11) is 0. The van der Waals surface area contributed by atoms with Crippen molar-refractivity contribution < 1.29 is 24.2 Å². The molecular formula is C21H33NO5. The van der Waals surface area contributed by atoms with E-state index in [0.29, 0.717) is 6.42 Å². The van der Waals surface area contributed by atoms with E-state index in [9.17, 15) is 14.7 Å². The lowest BCUT2D eigenvalue weighted by molar-refractivity contribution is -0.158. The van der Waals surface area contributed by atoms with Gasteiger partial charge in [-0.1, -0.05) is 30.3 Å². The number of ether oxygens (including phenoxy) is 2. The van der Waals surface area contributed by atoms with Crippen LogP contribution >= 0.6 is 0 Å². The third-order valence-corrected chi connectivity index (χ3v) is 3.58. The van der Waals surface area contributed by atoms with Crippen molar-refractivity contribution in [3.8, 4) is 0 Å². The molecule has 0 unspecified atom stereocenters. The highest BCUT2D eigenvalue weighted by Crippen LogP contribution is 2.18. The number of aliphatic hydroxyl groups is 1. The fourth-order valence-electron chi connectivity index (χ4n) is 2.54. The second kappa shape index (κ2) is 9.74. The van der Waals surface area contributed by atoms with E-state index < -0.39 is 29.3 Å². The summed E-state index contributed by atoms with van der Waals surface area (Å²) in [5.74, 6) is -0.750. The second-order valence-corrected chi connectivity index (χ2v) is 8.71. The van der Waals surface area contributed by atoms with E-state index in [4.69, 9.17) is 9.47 Å². The van der Waals surface area contributed by atoms with Crippen molar-refractivity contribution in [3.63, 3.8) is 0 Å². The van der Waals surface area contributed by atoms with Gasteiger partial charge in [-0.25, -0.2) is 9.59 Å². The van der Waals surface area contributed by atoms with Crippen LogP contribution in [-0.4, -0.2) is 41.0 Å². The van der Waals surface area contributed by atoms with Crippen LogP contribution in [0.2, 0.25) is 0 Å². The van der Waals surface area contributed by atoms with E-state index in [2.05, 4.69) is 5.32 Å². The van der Waals surface area contributed by atoms with Crippen LogP contribution in [0, 0.1) is 5.92 Å². The highest BCUT2D eigenvalue weighted by atomic mass is 16.6. The van der Waals surface area contributed by atoms with E-state index >= 15 is 0 Å². The molecule has 0 spiro atoms. The van der Waals surface area contributed by atoms with Crippen molar-refractivity contribution in [2.45, 2.75) is 71.6 Å². The summed E-state index contributed by atoms with van der Waals surface area (Å²) in [6.45, 7) is 10.4. The average Bonchev–Trinajstić information content (AvgIpc) is 2.51. The molecule has 0 bridgehead atoms. The fourth-order valence-corrected chi connectivity index (χ4v) is 2.54. The lowest BCUT2D eigenvalue weighted by atomic mass is 9.93. The van der Waals surface area contributed by atoms with Crippen LogP contribution in [0.15, 0.2) is 30.3 Å². The number of hydrogen-bond donors (Lipinski definition) is 2. The third kappa shape index (κ3) is 9.99. The summed E-state index contributed by atoms with van der Waals surface area (Å²) in [4.78, 5) is 24.8. The van der Waals surface area contributed by atoms with E-state index in [-0.39, 0.29) is 18.9 Å². The van der Waals surface area contributed by atoms with Crippen LogP contribution in [0.25, 0.3) is 0 Å². The highest BCUT2D eigenvalue weighted by Gasteiger charge is 2.30. The summed E-state index contributed by atoms with van der Waals surface area (Å²) in [6, 6.07) is 8.80. The third-order valence-electron chi connectivity index (χ3n) is 3.58. The molecule has 0 saturated heterocycles. The van der Waals surface area contributed by atoms with Crippen molar-refractivity contribution in [1.29, 1.82) is 0 Å². The first-order valence-corrected chi connectivity index (χ1v) is 9.27. The lowest BCUT2D eigenvalue weighted by Crippen LogP contribution is -2.47. The van der Waals surface area contributed by atoms with Gasteiger partial charge < -0.3 is 19.9 Å². The van der Waals surface area contributed by atoms with Gasteiger partial charge in [0.15, 0.2) is 0 Å². The smallest absolute Gasteiger partial charge is 0.408 e. The van der Waals surface area contributed by atoms with Gasteiger partial charge >= 0.3 is 12.1 Å². The van der Waals surface area contributed by atoms with E-state index in [1.165, 1.54) is 0 Å². The van der Waals surface area contributed by atoms with Gasteiger partial charge in [0.05, 0.1) is 0 Å². The van der Waals surface area contributed by atoms with Gasteiger partial charge in [0, 0.05) is 6.61 Å². The molecule has 0 fully saturated rings. The molecule has 27 heavy (non-hydrogen) atoms. The summed E-state index contributed by atoms with van der Waals surface area (Å²) < 4.78 is 10.7. The Balaban J connectivity index is 2.87. The molecule has 0 radical (unpaired) electrons. The molecule has 0 aliphatic rings. The molecule has 0 aromatic heterocycles. The van der Waals surface area contributed by atoms with Gasteiger partial charge in [0.1, 0.15) is 17.2 Å². The van der Waals surface area contributed by atoms with Crippen LogP contribution in [0.4, 0.5) is 4.79 Å². The summed E-state index contributed by atoms with van der Waals surface area (Å²) in [5.41, 5.74) is -0.307. The Morgan fingerprint density at radius 3 is 2.04 bits per heavy atom. The number of benzene rings is 1. The quantitative estimate of drug-likeness (QED) is 0.709. The largest absolute Gasteiger partial charge is 0.458 e. The molecule has 0 saturated carbocycles. The minimum absolute atomic E-state index is 0.107. The summed E-state index contributed by atoms with van der Waals surface area (Å²) >= 11 is 0. The first-order chi connectivity index (χ1) is 12.4. The Labute approximate surface area is 162 Å². The Bertz CT molecular complexity index is 601. The maximum atomic E-state index is 12.6. The Hall–Kier alpha value is -2.08. The molecule has 0 aliphatic heterocycles. The molecule has 6 nitrogen and oxygen atoms in total. The van der Waals surface area contributed by atoms with Crippen LogP contribution in [0.5, 0.6) is 0 Å². The number of carbonyl (C=O) groups is 2. The minimum Gasteiger partial charge on any atom is -0.458 e. The molecule has 152 valence electrons. The number of alkyl carbamates (subject to hydrolysis) is 1. The Morgan fingerprint density at radius 2 is 1.56 bits per heavy atom. The van der Waals surface area contributed by atoms with Gasteiger partial charge in [-0.2, -0.15) is 0 Å². The van der Waals surface area contributed by atoms with Crippen molar-refractivity contribution >= 4 is 12.1 Å². The first-order valence-electron chi connectivity index (χ1n) is 9.27. The molecule has 0 heterocycles.